The summed E-state index contributed by atoms with van der Waals surface area (Å²) >= 11 is 0. The highest BCUT2D eigenvalue weighted by molar-refractivity contribution is 7.89. The monoisotopic (exact) mass is 403 g/mol. The highest BCUT2D eigenvalue weighted by Crippen LogP contribution is 2.18. The lowest BCUT2D eigenvalue weighted by Gasteiger charge is -2.18. The van der Waals surface area contributed by atoms with Crippen LogP contribution in [0.4, 0.5) is 11.4 Å². The molecule has 0 saturated heterocycles. The Morgan fingerprint density at radius 3 is 2.14 bits per heavy atom. The molecule has 2 aromatic carbocycles. The van der Waals surface area contributed by atoms with Crippen molar-refractivity contribution in [2.45, 2.75) is 18.7 Å². The van der Waals surface area contributed by atoms with E-state index in [1.54, 1.807) is 13.8 Å². The van der Waals surface area contributed by atoms with Gasteiger partial charge in [-0.1, -0.05) is 13.8 Å². The third-order valence-corrected chi connectivity index (χ3v) is 6.06. The van der Waals surface area contributed by atoms with Gasteiger partial charge in [-0.15, -0.1) is 0 Å². The minimum absolute atomic E-state index is 0.0265. The zero-order chi connectivity index (χ0) is 20.7. The number of hydrogen-bond acceptors (Lipinski definition) is 5. The molecule has 0 heterocycles. The number of nitrogens with zero attached hydrogens (tertiary/aromatic N) is 2. The van der Waals surface area contributed by atoms with E-state index in [4.69, 9.17) is 0 Å². The van der Waals surface area contributed by atoms with Gasteiger partial charge in [-0.25, -0.2) is 8.42 Å². The van der Waals surface area contributed by atoms with Crippen LogP contribution in [0.3, 0.4) is 0 Å². The topological polar surface area (TPSA) is 110 Å². The molecular formula is C19H21N3O5S. The number of anilines is 1. The van der Waals surface area contributed by atoms with Gasteiger partial charge >= 0.3 is 0 Å². The van der Waals surface area contributed by atoms with Crippen molar-refractivity contribution in [1.29, 1.82) is 0 Å². The summed E-state index contributed by atoms with van der Waals surface area (Å²) in [7, 11) is -3.54. The van der Waals surface area contributed by atoms with Crippen LogP contribution >= 0.6 is 0 Å². The summed E-state index contributed by atoms with van der Waals surface area (Å²) in [6, 6.07) is 11.7. The molecule has 0 radical (unpaired) electrons. The van der Waals surface area contributed by atoms with Crippen LogP contribution in [-0.2, 0) is 14.8 Å². The summed E-state index contributed by atoms with van der Waals surface area (Å²) in [6.45, 7) is 4.30. The number of benzene rings is 2. The fraction of sp³-hybridized carbons (Fsp3) is 0.211. The summed E-state index contributed by atoms with van der Waals surface area (Å²) in [5.74, 6) is -0.405. The first-order valence-corrected chi connectivity index (χ1v) is 10.1. The van der Waals surface area contributed by atoms with E-state index in [1.165, 1.54) is 65.0 Å². The van der Waals surface area contributed by atoms with Gasteiger partial charge in [0, 0.05) is 37.0 Å². The summed E-state index contributed by atoms with van der Waals surface area (Å²) in [4.78, 5) is 22.3. The number of non-ortho nitro benzene ring substituents is 1. The molecule has 0 aliphatic heterocycles. The average molecular weight is 403 g/mol. The van der Waals surface area contributed by atoms with Crippen molar-refractivity contribution < 1.29 is 18.1 Å². The molecule has 1 amide bonds. The van der Waals surface area contributed by atoms with Crippen molar-refractivity contribution in [3.05, 3.63) is 70.3 Å². The van der Waals surface area contributed by atoms with Gasteiger partial charge in [-0.2, -0.15) is 4.31 Å². The van der Waals surface area contributed by atoms with Gasteiger partial charge in [0.2, 0.25) is 15.9 Å². The third kappa shape index (κ3) is 5.24. The van der Waals surface area contributed by atoms with Gasteiger partial charge in [0.25, 0.3) is 5.69 Å². The number of nitrogens with one attached hydrogen (secondary N) is 1. The smallest absolute Gasteiger partial charge is 0.269 e. The molecule has 1 N–H and O–H groups in total. The summed E-state index contributed by atoms with van der Waals surface area (Å²) in [5.41, 5.74) is 1.07. The standard InChI is InChI=1S/C19H21N3O5S/c1-3-21(4-2)28(26,27)18-12-8-16(9-13-18)20-19(23)14-7-15-5-10-17(11-6-15)22(24)25/h5-14H,3-4H2,1-2H3,(H,20,23). The van der Waals surface area contributed by atoms with Gasteiger partial charge in [0.1, 0.15) is 0 Å². The van der Waals surface area contributed by atoms with Crippen molar-refractivity contribution in [1.82, 2.24) is 4.31 Å². The quantitative estimate of drug-likeness (QED) is 0.413. The second kappa shape index (κ2) is 9.25. The minimum Gasteiger partial charge on any atom is -0.323 e. The predicted octanol–water partition coefficient (Wildman–Crippen LogP) is 3.28. The normalized spacial score (nSPS) is 11.7. The van der Waals surface area contributed by atoms with Crippen molar-refractivity contribution in [3.8, 4) is 0 Å². The molecule has 2 rings (SSSR count). The van der Waals surface area contributed by atoms with E-state index in [-0.39, 0.29) is 10.6 Å². The second-order valence-electron chi connectivity index (χ2n) is 5.78. The lowest BCUT2D eigenvalue weighted by Crippen LogP contribution is -2.30. The van der Waals surface area contributed by atoms with E-state index >= 15 is 0 Å². The Balaban J connectivity index is 2.03. The SMILES string of the molecule is CCN(CC)S(=O)(=O)c1ccc(NC(=O)C=Cc2ccc([N+](=O)[O-])cc2)cc1. The van der Waals surface area contributed by atoms with Crippen molar-refractivity contribution >= 4 is 33.4 Å². The molecule has 2 aromatic rings. The van der Waals surface area contributed by atoms with Crippen LogP contribution in [0, 0.1) is 10.1 Å². The fourth-order valence-electron chi connectivity index (χ4n) is 2.49. The molecule has 0 fully saturated rings. The van der Waals surface area contributed by atoms with Gasteiger partial charge in [-0.05, 0) is 48.0 Å². The summed E-state index contributed by atoms with van der Waals surface area (Å²) in [5, 5.41) is 13.3. The van der Waals surface area contributed by atoms with Gasteiger partial charge < -0.3 is 5.32 Å². The number of carbonyl (C=O) groups excluding carboxylic acids is 1. The Morgan fingerprint density at radius 2 is 1.64 bits per heavy atom. The van der Waals surface area contributed by atoms with Crippen molar-refractivity contribution in [2.24, 2.45) is 0 Å². The molecule has 0 bridgehead atoms. The molecule has 0 spiro atoms. The Bertz CT molecular complexity index is 964. The van der Waals surface area contributed by atoms with Crippen LogP contribution in [-0.4, -0.2) is 36.6 Å². The van der Waals surface area contributed by atoms with Crippen LogP contribution < -0.4 is 5.32 Å². The fourth-order valence-corrected chi connectivity index (χ4v) is 3.94. The van der Waals surface area contributed by atoms with E-state index in [1.807, 2.05) is 0 Å². The molecule has 28 heavy (non-hydrogen) atoms. The number of sulfonamides is 1. The minimum atomic E-state index is -3.54. The number of carbonyl (C=O) groups is 1. The van der Waals surface area contributed by atoms with Crippen LogP contribution in [0.5, 0.6) is 0 Å². The Kier molecular flexibility index (Phi) is 7.02. The number of nitro benzene ring substituents is 1. The number of nitro groups is 1. The Hall–Kier alpha value is -3.04. The van der Waals surface area contributed by atoms with Crippen LogP contribution in [0.25, 0.3) is 6.08 Å². The lowest BCUT2D eigenvalue weighted by atomic mass is 10.2. The van der Waals surface area contributed by atoms with E-state index in [0.29, 0.717) is 24.3 Å². The van der Waals surface area contributed by atoms with Gasteiger partial charge in [0.15, 0.2) is 0 Å². The third-order valence-electron chi connectivity index (χ3n) is 4.00. The molecule has 148 valence electrons. The first kappa shape index (κ1) is 21.3. The molecule has 0 aromatic heterocycles. The van der Waals surface area contributed by atoms with E-state index in [2.05, 4.69) is 5.32 Å². The van der Waals surface area contributed by atoms with Crippen LogP contribution in [0.1, 0.15) is 19.4 Å². The molecule has 0 unspecified atom stereocenters. The maximum atomic E-state index is 12.4. The van der Waals surface area contributed by atoms with E-state index in [0.717, 1.165) is 0 Å². The lowest BCUT2D eigenvalue weighted by molar-refractivity contribution is -0.384. The average Bonchev–Trinajstić information content (AvgIpc) is 2.68. The maximum Gasteiger partial charge on any atom is 0.269 e. The van der Waals surface area contributed by atoms with Gasteiger partial charge in [-0.3, -0.25) is 14.9 Å². The first-order chi connectivity index (χ1) is 13.3. The molecule has 0 atom stereocenters. The van der Waals surface area contributed by atoms with E-state index < -0.39 is 20.9 Å². The highest BCUT2D eigenvalue weighted by atomic mass is 32.2. The zero-order valence-corrected chi connectivity index (χ0v) is 16.3. The highest BCUT2D eigenvalue weighted by Gasteiger charge is 2.21. The largest absolute Gasteiger partial charge is 0.323 e. The predicted molar refractivity (Wildman–Crippen MR) is 107 cm³/mol. The number of hydrogen-bond donors (Lipinski definition) is 1. The van der Waals surface area contributed by atoms with E-state index in [9.17, 15) is 23.3 Å². The van der Waals surface area contributed by atoms with Crippen LogP contribution in [0.2, 0.25) is 0 Å². The summed E-state index contributed by atoms with van der Waals surface area (Å²) < 4.78 is 26.2. The second-order valence-corrected chi connectivity index (χ2v) is 7.72. The zero-order valence-electron chi connectivity index (χ0n) is 15.5. The van der Waals surface area contributed by atoms with Gasteiger partial charge in [0.05, 0.1) is 9.82 Å². The molecule has 0 aliphatic rings. The molecule has 9 heteroatoms. The molecule has 8 nitrogen and oxygen atoms in total. The van der Waals surface area contributed by atoms with Crippen molar-refractivity contribution in [2.75, 3.05) is 18.4 Å². The summed E-state index contributed by atoms with van der Waals surface area (Å²) in [6.07, 6.45) is 2.82. The Labute approximate surface area is 163 Å². The first-order valence-electron chi connectivity index (χ1n) is 8.61. The maximum absolute atomic E-state index is 12.4. The van der Waals surface area contributed by atoms with Crippen LogP contribution in [0.15, 0.2) is 59.5 Å². The number of rotatable bonds is 8. The number of amides is 1. The molecule has 0 aliphatic carbocycles. The molecule has 0 saturated carbocycles. The molecular weight excluding hydrogens is 382 g/mol. The van der Waals surface area contributed by atoms with Crippen molar-refractivity contribution in [3.63, 3.8) is 0 Å². The Morgan fingerprint density at radius 1 is 1.07 bits per heavy atom.